The number of hydrogen-bond acceptors (Lipinski definition) is 9. The predicted octanol–water partition coefficient (Wildman–Crippen LogP) is 4.40. The summed E-state index contributed by atoms with van der Waals surface area (Å²) in [5.74, 6) is -0.140. The van der Waals surface area contributed by atoms with E-state index in [0.717, 1.165) is 58.2 Å². The van der Waals surface area contributed by atoms with Crippen LogP contribution in [0.15, 0.2) is 65.6 Å². The van der Waals surface area contributed by atoms with Gasteiger partial charge in [-0.05, 0) is 107 Å². The number of carbonyl (C=O) groups excluding carboxylic acids is 2. The zero-order valence-electron chi connectivity index (χ0n) is 29.8. The van der Waals surface area contributed by atoms with Gasteiger partial charge < -0.3 is 29.5 Å². The molecule has 0 spiro atoms. The van der Waals surface area contributed by atoms with E-state index < -0.39 is 26.6 Å². The smallest absolute Gasteiger partial charge is 0.407 e. The van der Waals surface area contributed by atoms with E-state index in [0.29, 0.717) is 24.5 Å². The van der Waals surface area contributed by atoms with Crippen molar-refractivity contribution in [2.24, 2.45) is 11.8 Å². The maximum Gasteiger partial charge on any atom is 0.407 e. The molecular weight excluding hydrogens is 674 g/mol. The molecule has 2 heterocycles. The normalized spacial score (nSPS) is 21.6. The Morgan fingerprint density at radius 2 is 1.82 bits per heavy atom. The number of likely N-dealkylation sites (N-methyl/N-ethyl adjacent to an activating group) is 1. The molecule has 1 saturated carbocycles. The Balaban J connectivity index is 1.11. The summed E-state index contributed by atoms with van der Waals surface area (Å²) in [6.07, 6.45) is 7.41. The summed E-state index contributed by atoms with van der Waals surface area (Å²) < 4.78 is 51.6. The molecule has 0 unspecified atom stereocenters. The van der Waals surface area contributed by atoms with Crippen molar-refractivity contribution in [3.05, 3.63) is 72.1 Å². The van der Waals surface area contributed by atoms with Gasteiger partial charge in [-0.2, -0.15) is 5.26 Å². The molecule has 2 aromatic rings. The Kier molecular flexibility index (Phi) is 12.8. The zero-order valence-corrected chi connectivity index (χ0v) is 30.6. The fourth-order valence-electron chi connectivity index (χ4n) is 7.92. The van der Waals surface area contributed by atoms with Crippen LogP contribution in [-0.2, 0) is 24.8 Å². The molecule has 51 heavy (non-hydrogen) atoms. The van der Waals surface area contributed by atoms with Gasteiger partial charge in [-0.25, -0.2) is 17.6 Å². The number of piperidine rings is 1. The molecule has 2 saturated heterocycles. The fourth-order valence-corrected chi connectivity index (χ4v) is 9.57. The largest absolute Gasteiger partial charge is 0.494 e. The lowest BCUT2D eigenvalue weighted by Gasteiger charge is -2.46. The Labute approximate surface area is 301 Å². The van der Waals surface area contributed by atoms with E-state index in [1.165, 1.54) is 30.2 Å². The molecule has 13 heteroatoms. The van der Waals surface area contributed by atoms with E-state index in [4.69, 9.17) is 9.47 Å². The molecule has 2 aromatic carbocycles. The molecule has 0 radical (unpaired) electrons. The highest BCUT2D eigenvalue weighted by molar-refractivity contribution is 7.92. The van der Waals surface area contributed by atoms with Gasteiger partial charge >= 0.3 is 6.09 Å². The first-order chi connectivity index (χ1) is 24.5. The number of ether oxygens (including phenoxy) is 2. The van der Waals surface area contributed by atoms with Crippen molar-refractivity contribution in [1.29, 1.82) is 5.26 Å². The van der Waals surface area contributed by atoms with Crippen LogP contribution in [0.2, 0.25) is 0 Å². The number of nitriles is 1. The summed E-state index contributed by atoms with van der Waals surface area (Å²) in [6, 6.07) is 15.3. The van der Waals surface area contributed by atoms with E-state index in [1.807, 2.05) is 25.1 Å². The van der Waals surface area contributed by atoms with Crippen LogP contribution in [0.4, 0.5) is 9.18 Å². The molecule has 1 aliphatic carbocycles. The molecular formula is C38H50FN5O6S. The SMILES string of the molecule is COC(=O)N[C@H]1CCC[C@@H]1[C@](C#N)(c1cccc(F)c1)C1CCN(CCCOc2ccc(S(=O)(=O)C3CN(C(=O)/C=C/CN(C)C)C3)cc2)CC1. The maximum atomic E-state index is 14.6. The van der Waals surface area contributed by atoms with Gasteiger partial charge in [0.1, 0.15) is 16.8 Å². The van der Waals surface area contributed by atoms with Crippen LogP contribution in [0.1, 0.15) is 44.1 Å². The standard InChI is InChI=1S/C38H50FN5O6S/c1-42(2)19-6-12-36(45)44-25-33(26-44)51(47,48)32-15-13-31(14-16-32)50-23-7-20-43-21-17-28(18-22-43)38(27-40,29-8-4-9-30(39)24-29)34-10-5-11-35(34)41-37(46)49-3/h4,6,8-9,12-16,24,28,33-35H,5,7,10-11,17-23,25-26H2,1-3H3,(H,41,46)/b12-6+/t34-,35-,38-/m0/s1. The van der Waals surface area contributed by atoms with E-state index in [1.54, 1.807) is 36.4 Å². The van der Waals surface area contributed by atoms with Gasteiger partial charge in [-0.3, -0.25) is 4.79 Å². The lowest BCUT2D eigenvalue weighted by Crippen LogP contribution is -2.56. The molecule has 1 N–H and O–H groups in total. The molecule has 3 atom stereocenters. The molecule has 2 aliphatic heterocycles. The molecule has 11 nitrogen and oxygen atoms in total. The van der Waals surface area contributed by atoms with E-state index in [9.17, 15) is 27.7 Å². The van der Waals surface area contributed by atoms with Crippen molar-refractivity contribution in [2.45, 2.75) is 60.1 Å². The second-order valence-corrected chi connectivity index (χ2v) is 16.4. The number of alkyl carbamates (subject to hydrolysis) is 1. The first-order valence-electron chi connectivity index (χ1n) is 17.8. The maximum absolute atomic E-state index is 14.6. The summed E-state index contributed by atoms with van der Waals surface area (Å²) in [5.41, 5.74) is -0.273. The number of benzene rings is 2. The quantitative estimate of drug-likeness (QED) is 0.223. The lowest BCUT2D eigenvalue weighted by molar-refractivity contribution is -0.129. The minimum Gasteiger partial charge on any atom is -0.494 e. The molecule has 0 aromatic heterocycles. The van der Waals surface area contributed by atoms with Crippen molar-refractivity contribution in [3.63, 3.8) is 0 Å². The molecule has 5 rings (SSSR count). The second kappa shape index (κ2) is 17.0. The number of amides is 2. The van der Waals surface area contributed by atoms with Crippen molar-refractivity contribution < 1.29 is 31.9 Å². The first kappa shape index (κ1) is 38.2. The van der Waals surface area contributed by atoms with Crippen LogP contribution < -0.4 is 10.1 Å². The highest BCUT2D eigenvalue weighted by atomic mass is 32.2. The van der Waals surface area contributed by atoms with Crippen LogP contribution in [0.25, 0.3) is 0 Å². The summed E-state index contributed by atoms with van der Waals surface area (Å²) in [7, 11) is 1.58. The number of halogens is 1. The number of hydrogen-bond donors (Lipinski definition) is 1. The Morgan fingerprint density at radius 1 is 1.10 bits per heavy atom. The van der Waals surface area contributed by atoms with Gasteiger partial charge in [0.05, 0.1) is 30.1 Å². The van der Waals surface area contributed by atoms with Crippen LogP contribution in [0.3, 0.4) is 0 Å². The van der Waals surface area contributed by atoms with Gasteiger partial charge in [0.2, 0.25) is 5.91 Å². The first-order valence-corrected chi connectivity index (χ1v) is 19.3. The third kappa shape index (κ3) is 8.91. The monoisotopic (exact) mass is 723 g/mol. The molecule has 3 fully saturated rings. The molecule has 0 bridgehead atoms. The number of methoxy groups -OCH3 is 1. The average Bonchev–Trinajstić information content (AvgIpc) is 3.55. The minimum atomic E-state index is -3.56. The number of likely N-dealkylation sites (tertiary alicyclic amines) is 2. The Hall–Kier alpha value is -3.99. The second-order valence-electron chi connectivity index (χ2n) is 14.1. The van der Waals surface area contributed by atoms with E-state index in [-0.39, 0.29) is 47.6 Å². The van der Waals surface area contributed by atoms with Crippen LogP contribution >= 0.6 is 0 Å². The van der Waals surface area contributed by atoms with Crippen molar-refractivity contribution in [1.82, 2.24) is 20.0 Å². The van der Waals surface area contributed by atoms with Crippen LogP contribution in [0, 0.1) is 29.0 Å². The van der Waals surface area contributed by atoms with E-state index in [2.05, 4.69) is 16.3 Å². The van der Waals surface area contributed by atoms with Gasteiger partial charge in [-0.1, -0.05) is 24.6 Å². The summed E-state index contributed by atoms with van der Waals surface area (Å²) >= 11 is 0. The molecule has 3 aliphatic rings. The summed E-state index contributed by atoms with van der Waals surface area (Å²) in [5, 5.41) is 13.2. The van der Waals surface area contributed by atoms with E-state index >= 15 is 0 Å². The topological polar surface area (TPSA) is 132 Å². The minimum absolute atomic E-state index is 0.00921. The van der Waals surface area contributed by atoms with Crippen molar-refractivity contribution in [2.75, 3.05) is 67.1 Å². The number of nitrogens with zero attached hydrogens (tertiary/aromatic N) is 4. The predicted molar refractivity (Wildman–Crippen MR) is 191 cm³/mol. The van der Waals surface area contributed by atoms with Crippen LogP contribution in [0.5, 0.6) is 5.75 Å². The number of carbonyl (C=O) groups is 2. The summed E-state index contributed by atoms with van der Waals surface area (Å²) in [4.78, 5) is 30.5. The third-order valence-electron chi connectivity index (χ3n) is 10.7. The number of sulfone groups is 1. The Morgan fingerprint density at radius 3 is 2.47 bits per heavy atom. The fraction of sp³-hybridized carbons (Fsp3) is 0.553. The average molecular weight is 724 g/mol. The van der Waals surface area contributed by atoms with Gasteiger partial charge in [0.25, 0.3) is 0 Å². The van der Waals surface area contributed by atoms with Crippen molar-refractivity contribution in [3.8, 4) is 11.8 Å². The highest BCUT2D eigenvalue weighted by Gasteiger charge is 2.52. The third-order valence-corrected chi connectivity index (χ3v) is 12.8. The molecule has 276 valence electrons. The lowest BCUT2D eigenvalue weighted by atomic mass is 9.59. The zero-order chi connectivity index (χ0) is 36.6. The summed E-state index contributed by atoms with van der Waals surface area (Å²) in [6.45, 7) is 3.83. The van der Waals surface area contributed by atoms with Gasteiger partial charge in [0, 0.05) is 44.2 Å². The van der Waals surface area contributed by atoms with Crippen molar-refractivity contribution >= 4 is 21.8 Å². The van der Waals surface area contributed by atoms with Crippen LogP contribution in [-0.4, -0.2) is 113 Å². The molecule has 2 amide bonds. The van der Waals surface area contributed by atoms with Gasteiger partial charge in [0.15, 0.2) is 9.84 Å². The number of nitrogens with one attached hydrogen (secondary N) is 1. The Bertz CT molecular complexity index is 1680. The number of rotatable bonds is 14. The van der Waals surface area contributed by atoms with Gasteiger partial charge in [-0.15, -0.1) is 0 Å². The highest BCUT2D eigenvalue weighted by Crippen LogP contribution is 2.50.